The molecule has 2 heterocycles. The van der Waals surface area contributed by atoms with Gasteiger partial charge in [0.25, 0.3) is 11.8 Å². The second kappa shape index (κ2) is 9.86. The quantitative estimate of drug-likeness (QED) is 0.551. The number of aliphatic hydroxyl groups is 1. The molecule has 0 aliphatic carbocycles. The predicted molar refractivity (Wildman–Crippen MR) is 119 cm³/mol. The zero-order chi connectivity index (χ0) is 24.2. The number of hydrogen-bond acceptors (Lipinski definition) is 6. The molecule has 176 valence electrons. The fourth-order valence-corrected chi connectivity index (χ4v) is 3.58. The Labute approximate surface area is 194 Å². The molecule has 2 N–H and O–H groups in total. The number of aromatic nitrogens is 1. The smallest absolute Gasteiger partial charge is 0.278 e. The molecule has 0 unspecified atom stereocenters. The highest BCUT2D eigenvalue weighted by atomic mass is 19.1. The molecule has 0 fully saturated rings. The number of benzene rings is 2. The molecular formula is C24H22FN3O6. The van der Waals surface area contributed by atoms with Gasteiger partial charge in [-0.3, -0.25) is 19.3 Å². The molecule has 1 aromatic heterocycles. The summed E-state index contributed by atoms with van der Waals surface area (Å²) in [5, 5.41) is 13.0. The summed E-state index contributed by atoms with van der Waals surface area (Å²) in [6.45, 7) is -0.245. The minimum atomic E-state index is -1.23. The Morgan fingerprint density at radius 2 is 1.85 bits per heavy atom. The molecule has 10 heteroatoms. The molecule has 1 aliphatic rings. The first-order valence-electron chi connectivity index (χ1n) is 10.4. The van der Waals surface area contributed by atoms with Crippen LogP contribution in [0.2, 0.25) is 0 Å². The summed E-state index contributed by atoms with van der Waals surface area (Å²) in [4.78, 5) is 40.4. The molecule has 2 aromatic carbocycles. The van der Waals surface area contributed by atoms with E-state index >= 15 is 0 Å². The van der Waals surface area contributed by atoms with Gasteiger partial charge >= 0.3 is 0 Å². The minimum absolute atomic E-state index is 0.0539. The normalized spacial score (nSPS) is 15.1. The highest BCUT2D eigenvalue weighted by molar-refractivity contribution is 5.99. The third-order valence-corrected chi connectivity index (χ3v) is 5.26. The van der Waals surface area contributed by atoms with E-state index in [1.54, 1.807) is 30.3 Å². The Balaban J connectivity index is 1.73. The number of para-hydroxylation sites is 1. The van der Waals surface area contributed by atoms with Gasteiger partial charge in [0, 0.05) is 19.9 Å². The summed E-state index contributed by atoms with van der Waals surface area (Å²) in [7, 11) is 1.37. The standard InChI is InChI=1S/C24H22FN3O6/c1-33-14-28-19(29)13-27-12-18(23(31)26-11-15-7-9-16(25)10-8-15)21(30)22(20(27)24(28)32)34-17-5-3-2-4-6-17/h2-10,12,19,29H,11,13-14H2,1H3,(H,26,31)/t19-/m0/s1. The third-order valence-electron chi connectivity index (χ3n) is 5.26. The molecule has 0 spiro atoms. The van der Waals surface area contributed by atoms with Crippen molar-refractivity contribution in [3.8, 4) is 11.5 Å². The van der Waals surface area contributed by atoms with Crippen molar-refractivity contribution in [1.29, 1.82) is 0 Å². The third kappa shape index (κ3) is 4.68. The molecular weight excluding hydrogens is 445 g/mol. The summed E-state index contributed by atoms with van der Waals surface area (Å²) < 4.78 is 25.2. The first-order chi connectivity index (χ1) is 16.4. The van der Waals surface area contributed by atoms with Crippen LogP contribution in [0.5, 0.6) is 11.5 Å². The summed E-state index contributed by atoms with van der Waals surface area (Å²) in [6.07, 6.45) is -0.0111. The number of carbonyl (C=O) groups is 2. The number of pyridine rings is 1. The number of halogens is 1. The van der Waals surface area contributed by atoms with E-state index in [1.807, 2.05) is 0 Å². The molecule has 9 nitrogen and oxygen atoms in total. The maximum Gasteiger partial charge on any atom is 0.278 e. The van der Waals surface area contributed by atoms with Crippen LogP contribution in [-0.2, 0) is 17.8 Å². The molecule has 3 aromatic rings. The van der Waals surface area contributed by atoms with Gasteiger partial charge in [-0.25, -0.2) is 4.39 Å². The van der Waals surface area contributed by atoms with Crippen LogP contribution in [-0.4, -0.2) is 46.5 Å². The Morgan fingerprint density at radius 1 is 1.15 bits per heavy atom. The number of amides is 2. The van der Waals surface area contributed by atoms with Crippen LogP contribution >= 0.6 is 0 Å². The summed E-state index contributed by atoms with van der Waals surface area (Å²) >= 11 is 0. The van der Waals surface area contributed by atoms with Crippen LogP contribution in [0.3, 0.4) is 0 Å². The van der Waals surface area contributed by atoms with E-state index in [9.17, 15) is 23.9 Å². The number of fused-ring (bicyclic) bond motifs is 1. The zero-order valence-electron chi connectivity index (χ0n) is 18.2. The van der Waals surface area contributed by atoms with E-state index in [2.05, 4.69) is 5.32 Å². The van der Waals surface area contributed by atoms with Crippen LogP contribution < -0.4 is 15.5 Å². The number of rotatable bonds is 7. The van der Waals surface area contributed by atoms with Crippen molar-refractivity contribution in [1.82, 2.24) is 14.8 Å². The zero-order valence-corrected chi connectivity index (χ0v) is 18.2. The van der Waals surface area contributed by atoms with Gasteiger partial charge in [0.2, 0.25) is 11.2 Å². The van der Waals surface area contributed by atoms with Crippen molar-refractivity contribution in [2.24, 2.45) is 0 Å². The van der Waals surface area contributed by atoms with Gasteiger partial charge in [0.05, 0.1) is 6.54 Å². The van der Waals surface area contributed by atoms with Gasteiger partial charge in [0.15, 0.2) is 5.69 Å². The van der Waals surface area contributed by atoms with Gasteiger partial charge in [-0.2, -0.15) is 0 Å². The van der Waals surface area contributed by atoms with E-state index in [0.29, 0.717) is 11.3 Å². The van der Waals surface area contributed by atoms with Crippen LogP contribution in [0.15, 0.2) is 65.6 Å². The van der Waals surface area contributed by atoms with Crippen LogP contribution in [0.1, 0.15) is 26.4 Å². The lowest BCUT2D eigenvalue weighted by atomic mass is 10.1. The number of aliphatic hydroxyl groups excluding tert-OH is 1. The van der Waals surface area contributed by atoms with E-state index in [4.69, 9.17) is 9.47 Å². The van der Waals surface area contributed by atoms with Gasteiger partial charge in [-0.1, -0.05) is 30.3 Å². The molecule has 0 saturated heterocycles. The van der Waals surface area contributed by atoms with Crippen molar-refractivity contribution in [3.05, 3.63) is 93.7 Å². The highest BCUT2D eigenvalue weighted by Crippen LogP contribution is 2.27. The lowest BCUT2D eigenvalue weighted by Gasteiger charge is -2.34. The van der Waals surface area contributed by atoms with E-state index in [1.165, 1.54) is 42.1 Å². The fourth-order valence-electron chi connectivity index (χ4n) is 3.58. The molecule has 0 bridgehead atoms. The second-order valence-corrected chi connectivity index (χ2v) is 7.60. The van der Waals surface area contributed by atoms with Crippen LogP contribution in [0.4, 0.5) is 4.39 Å². The SMILES string of the molecule is COCN1C(=O)c2c(Oc3ccccc3)c(=O)c(C(=O)NCc3ccc(F)cc3)cn2C[C@@H]1O. The fraction of sp³-hybridized carbons (Fsp3) is 0.208. The lowest BCUT2D eigenvalue weighted by molar-refractivity contribution is -0.0564. The number of ether oxygens (including phenoxy) is 2. The predicted octanol–water partition coefficient (Wildman–Crippen LogP) is 2.09. The summed E-state index contributed by atoms with van der Waals surface area (Å²) in [6, 6.07) is 13.9. The van der Waals surface area contributed by atoms with E-state index in [0.717, 1.165) is 4.90 Å². The first kappa shape index (κ1) is 23.1. The van der Waals surface area contributed by atoms with Crippen LogP contribution in [0, 0.1) is 5.82 Å². The second-order valence-electron chi connectivity index (χ2n) is 7.60. The van der Waals surface area contributed by atoms with Crippen molar-refractivity contribution >= 4 is 11.8 Å². The average molecular weight is 467 g/mol. The number of nitrogens with zero attached hydrogens (tertiary/aromatic N) is 2. The lowest BCUT2D eigenvalue weighted by Crippen LogP contribution is -2.50. The molecule has 0 radical (unpaired) electrons. The molecule has 0 saturated carbocycles. The van der Waals surface area contributed by atoms with Crippen molar-refractivity contribution in [2.75, 3.05) is 13.8 Å². The summed E-state index contributed by atoms with van der Waals surface area (Å²) in [5.41, 5.74) is -0.522. The van der Waals surface area contributed by atoms with Crippen molar-refractivity contribution in [3.63, 3.8) is 0 Å². The highest BCUT2D eigenvalue weighted by Gasteiger charge is 2.36. The molecule has 34 heavy (non-hydrogen) atoms. The Kier molecular flexibility index (Phi) is 6.71. The van der Waals surface area contributed by atoms with Crippen molar-refractivity contribution in [2.45, 2.75) is 19.3 Å². The maximum atomic E-state index is 13.3. The summed E-state index contributed by atoms with van der Waals surface area (Å²) in [5.74, 6) is -1.83. The Morgan fingerprint density at radius 3 is 2.53 bits per heavy atom. The number of carbonyl (C=O) groups excluding carboxylic acids is 2. The van der Waals surface area contributed by atoms with Gasteiger partial charge in [-0.05, 0) is 29.8 Å². The number of hydrogen-bond donors (Lipinski definition) is 2. The van der Waals surface area contributed by atoms with Gasteiger partial charge < -0.3 is 24.5 Å². The molecule has 1 atom stereocenters. The van der Waals surface area contributed by atoms with E-state index < -0.39 is 29.3 Å². The molecule has 1 aliphatic heterocycles. The van der Waals surface area contributed by atoms with Gasteiger partial charge in [-0.15, -0.1) is 0 Å². The largest absolute Gasteiger partial charge is 0.451 e. The number of methoxy groups -OCH3 is 1. The Bertz CT molecular complexity index is 1260. The average Bonchev–Trinajstić information content (AvgIpc) is 2.83. The van der Waals surface area contributed by atoms with Crippen LogP contribution in [0.25, 0.3) is 0 Å². The molecule has 2 amide bonds. The van der Waals surface area contributed by atoms with E-state index in [-0.39, 0.29) is 36.8 Å². The van der Waals surface area contributed by atoms with Gasteiger partial charge in [0.1, 0.15) is 30.1 Å². The monoisotopic (exact) mass is 467 g/mol. The number of nitrogens with one attached hydrogen (secondary N) is 1. The van der Waals surface area contributed by atoms with Crippen molar-refractivity contribution < 1.29 is 28.6 Å². The molecule has 4 rings (SSSR count). The minimum Gasteiger partial charge on any atom is -0.451 e. The topological polar surface area (TPSA) is 110 Å². The Hall–Kier alpha value is -4.02. The maximum absolute atomic E-state index is 13.3. The first-order valence-corrected chi connectivity index (χ1v) is 10.4.